The molecule has 184 valence electrons. The molecule has 2 aromatic rings. The van der Waals surface area contributed by atoms with E-state index in [-0.39, 0.29) is 53.4 Å². The first-order valence-corrected chi connectivity index (χ1v) is 11.5. The van der Waals surface area contributed by atoms with Crippen molar-refractivity contribution in [2.24, 2.45) is 0 Å². The molecule has 0 saturated heterocycles. The van der Waals surface area contributed by atoms with Crippen molar-refractivity contribution >= 4 is 88.0 Å². The van der Waals surface area contributed by atoms with Gasteiger partial charge >= 0.3 is 29.6 Å². The molecule has 0 aliphatic carbocycles. The molecule has 13 heteroatoms. The summed E-state index contributed by atoms with van der Waals surface area (Å²) in [4.78, 5) is 0. The average Bonchev–Trinajstić information content (AvgIpc) is 2.78. The molecule has 2 aromatic carbocycles. The number of anilines is 2. The van der Waals surface area contributed by atoms with Crippen LogP contribution in [0, 0.1) is 21.6 Å². The molecule has 0 spiro atoms. The van der Waals surface area contributed by atoms with Crippen LogP contribution in [0.4, 0.5) is 11.4 Å². The van der Waals surface area contributed by atoms with Gasteiger partial charge in [0.25, 0.3) is 0 Å². The van der Waals surface area contributed by atoms with Crippen molar-refractivity contribution < 1.29 is 0 Å². The molecule has 0 aromatic heterocycles. The number of hydrogen-bond donors (Lipinski definition) is 10. The zero-order chi connectivity index (χ0) is 24.8. The molecule has 0 radical (unpaired) electrons. The van der Waals surface area contributed by atoms with Crippen molar-refractivity contribution in [3.63, 3.8) is 0 Å². The van der Waals surface area contributed by atoms with Crippen LogP contribution in [-0.2, 0) is 0 Å². The fourth-order valence-electron chi connectivity index (χ4n) is 2.79. The summed E-state index contributed by atoms with van der Waals surface area (Å²) in [5.74, 6) is 0.112. The average molecular weight is 529 g/mol. The predicted octanol–water partition coefficient (Wildman–Crippen LogP) is 3.53. The molecule has 0 heterocycles. The van der Waals surface area contributed by atoms with Gasteiger partial charge in [0.15, 0.2) is 23.8 Å². The van der Waals surface area contributed by atoms with Crippen LogP contribution < -0.4 is 31.9 Å². The van der Waals surface area contributed by atoms with Crippen molar-refractivity contribution in [1.82, 2.24) is 21.3 Å². The Morgan fingerprint density at radius 2 is 0.886 bits per heavy atom. The molecule has 10 nitrogen and oxygen atoms in total. The van der Waals surface area contributed by atoms with Gasteiger partial charge in [-0.1, -0.05) is 36.0 Å². The van der Waals surface area contributed by atoms with Crippen LogP contribution >= 0.6 is 23.2 Å². The first kappa shape index (κ1) is 30.5. The molecule has 0 amide bonds. The zero-order valence-corrected chi connectivity index (χ0v) is 20.1. The van der Waals surface area contributed by atoms with Gasteiger partial charge in [-0.15, -0.1) is 0 Å². The van der Waals surface area contributed by atoms with Gasteiger partial charge in [0.1, 0.15) is 0 Å². The van der Waals surface area contributed by atoms with E-state index in [1.54, 1.807) is 48.5 Å². The van der Waals surface area contributed by atoms with E-state index in [9.17, 15) is 0 Å². The molecule has 2 rings (SSSR count). The van der Waals surface area contributed by atoms with Gasteiger partial charge in [-0.25, -0.2) is 0 Å². The van der Waals surface area contributed by atoms with Crippen LogP contribution in [0.2, 0.25) is 10.0 Å². The first-order valence-electron chi connectivity index (χ1n) is 10.7. The van der Waals surface area contributed by atoms with Crippen molar-refractivity contribution in [2.45, 2.75) is 25.7 Å². The Balaban J connectivity index is 0.00000612. The second-order valence-electron chi connectivity index (χ2n) is 7.28. The van der Waals surface area contributed by atoms with Crippen LogP contribution in [0.1, 0.15) is 25.7 Å². The Hall–Kier alpha value is -2.50. The topological polar surface area (TPSA) is 168 Å². The minimum absolute atomic E-state index is 0. The third-order valence-corrected chi connectivity index (χ3v) is 4.94. The fraction of sp³-hybridized carbons (Fsp3) is 0.273. The van der Waals surface area contributed by atoms with Gasteiger partial charge in [0, 0.05) is 34.5 Å². The van der Waals surface area contributed by atoms with Crippen molar-refractivity contribution in [2.75, 3.05) is 23.7 Å². The quantitative estimate of drug-likeness (QED) is 0.103. The van der Waals surface area contributed by atoms with Crippen LogP contribution in [0.3, 0.4) is 0 Å². The van der Waals surface area contributed by atoms with Crippen molar-refractivity contribution in [3.05, 3.63) is 58.6 Å². The standard InChI is InChI=1S/C22H30Cl2N10.Na.H/c23-15-5-9-17(10-6-15)31-21(27)33-19(25)29-13-3-1-2-4-14-30-20(26)34-22(28)32-18-11-7-16(24)8-12-18;;/h5-12H,1-4,13-14H2,(H5,25,27,29,31,33)(H5,26,28,30,32,34);;. The summed E-state index contributed by atoms with van der Waals surface area (Å²) in [5.41, 5.74) is 1.42. The molecule has 0 saturated carbocycles. The molecular formula is C22H31Cl2N10Na. The van der Waals surface area contributed by atoms with Gasteiger partial charge in [-0.3, -0.25) is 32.3 Å². The number of unbranched alkanes of at least 4 members (excludes halogenated alkanes) is 3. The van der Waals surface area contributed by atoms with Crippen LogP contribution in [-0.4, -0.2) is 66.5 Å². The summed E-state index contributed by atoms with van der Waals surface area (Å²) in [7, 11) is 0. The molecular weight excluding hydrogens is 498 g/mol. The van der Waals surface area contributed by atoms with E-state index in [0.717, 1.165) is 25.7 Å². The Bertz CT molecular complexity index is 888. The van der Waals surface area contributed by atoms with E-state index in [0.29, 0.717) is 34.5 Å². The van der Waals surface area contributed by atoms with Crippen LogP contribution in [0.15, 0.2) is 48.5 Å². The van der Waals surface area contributed by atoms with Gasteiger partial charge in [0.05, 0.1) is 0 Å². The van der Waals surface area contributed by atoms with Gasteiger partial charge in [-0.2, -0.15) is 0 Å². The van der Waals surface area contributed by atoms with Gasteiger partial charge < -0.3 is 21.3 Å². The monoisotopic (exact) mass is 528 g/mol. The predicted molar refractivity (Wildman–Crippen MR) is 149 cm³/mol. The third kappa shape index (κ3) is 13.8. The summed E-state index contributed by atoms with van der Waals surface area (Å²) < 4.78 is 0. The summed E-state index contributed by atoms with van der Waals surface area (Å²) >= 11 is 11.7. The summed E-state index contributed by atoms with van der Waals surface area (Å²) in [6.45, 7) is 1.25. The Labute approximate surface area is 237 Å². The fourth-order valence-corrected chi connectivity index (χ4v) is 3.04. The number of halogens is 2. The molecule has 0 unspecified atom stereocenters. The molecule has 0 bridgehead atoms. The third-order valence-electron chi connectivity index (χ3n) is 4.43. The maximum atomic E-state index is 7.86. The van der Waals surface area contributed by atoms with E-state index in [1.807, 2.05) is 0 Å². The number of guanidine groups is 4. The first-order chi connectivity index (χ1) is 16.3. The zero-order valence-electron chi connectivity index (χ0n) is 18.6. The number of benzene rings is 2. The normalized spacial score (nSPS) is 9.77. The van der Waals surface area contributed by atoms with Gasteiger partial charge in [0.2, 0.25) is 0 Å². The van der Waals surface area contributed by atoms with Crippen LogP contribution in [0.5, 0.6) is 0 Å². The van der Waals surface area contributed by atoms with E-state index in [4.69, 9.17) is 44.8 Å². The van der Waals surface area contributed by atoms with E-state index in [2.05, 4.69) is 31.9 Å². The Kier molecular flexibility index (Phi) is 14.8. The molecule has 0 fully saturated rings. The number of rotatable bonds is 9. The maximum absolute atomic E-state index is 7.86. The van der Waals surface area contributed by atoms with E-state index >= 15 is 0 Å². The SMILES string of the molecule is N=C(NCCCCCCNC(=N)NC(=N)Nc1ccc(Cl)cc1)NC(=N)Nc1ccc(Cl)cc1.[NaH]. The molecule has 0 aliphatic heterocycles. The van der Waals surface area contributed by atoms with Crippen molar-refractivity contribution in [3.8, 4) is 0 Å². The molecule has 0 atom stereocenters. The second-order valence-corrected chi connectivity index (χ2v) is 8.15. The number of hydrogen-bond acceptors (Lipinski definition) is 4. The summed E-state index contributed by atoms with van der Waals surface area (Å²) in [5, 5.41) is 49.5. The van der Waals surface area contributed by atoms with E-state index < -0.39 is 0 Å². The second kappa shape index (κ2) is 17.0. The molecule has 35 heavy (non-hydrogen) atoms. The Morgan fingerprint density at radius 1 is 0.543 bits per heavy atom. The van der Waals surface area contributed by atoms with Crippen LogP contribution in [0.25, 0.3) is 0 Å². The Morgan fingerprint density at radius 3 is 1.23 bits per heavy atom. The summed E-state index contributed by atoms with van der Waals surface area (Å²) in [6, 6.07) is 13.9. The number of nitrogens with one attached hydrogen (secondary N) is 10. The van der Waals surface area contributed by atoms with Crippen molar-refractivity contribution in [1.29, 1.82) is 21.6 Å². The van der Waals surface area contributed by atoms with Gasteiger partial charge in [-0.05, 0) is 61.4 Å². The minimum atomic E-state index is -0.00148. The van der Waals surface area contributed by atoms with E-state index in [1.165, 1.54) is 0 Å². The summed E-state index contributed by atoms with van der Waals surface area (Å²) in [6.07, 6.45) is 3.70. The molecule has 0 aliphatic rings. The molecule has 10 N–H and O–H groups in total.